The SMILES string of the molecule is NC/C(=C/F)COc1ccc(-c2n[nH]c(C3CCC3)n2)cc1. The van der Waals surface area contributed by atoms with Crippen molar-refractivity contribution in [1.29, 1.82) is 0 Å². The lowest BCUT2D eigenvalue weighted by atomic mass is 9.85. The molecule has 0 spiro atoms. The van der Waals surface area contributed by atoms with E-state index >= 15 is 0 Å². The molecule has 0 unspecified atom stereocenters. The fourth-order valence-corrected chi connectivity index (χ4v) is 2.28. The summed E-state index contributed by atoms with van der Waals surface area (Å²) in [6.45, 7) is 0.300. The van der Waals surface area contributed by atoms with Crippen LogP contribution in [0, 0.1) is 0 Å². The van der Waals surface area contributed by atoms with Crippen LogP contribution in [0.1, 0.15) is 31.0 Å². The third-order valence-corrected chi connectivity index (χ3v) is 3.95. The van der Waals surface area contributed by atoms with Gasteiger partial charge in [-0.3, -0.25) is 5.10 Å². The van der Waals surface area contributed by atoms with Gasteiger partial charge in [0.05, 0.1) is 6.33 Å². The summed E-state index contributed by atoms with van der Waals surface area (Å²) in [5.41, 5.74) is 6.73. The van der Waals surface area contributed by atoms with E-state index in [0.29, 0.717) is 29.4 Å². The van der Waals surface area contributed by atoms with Gasteiger partial charge in [-0.1, -0.05) is 6.42 Å². The van der Waals surface area contributed by atoms with Gasteiger partial charge in [-0.15, -0.1) is 0 Å². The number of nitrogens with one attached hydrogen (secondary N) is 1. The van der Waals surface area contributed by atoms with Crippen molar-refractivity contribution in [2.45, 2.75) is 25.2 Å². The fraction of sp³-hybridized carbons (Fsp3) is 0.375. The first-order valence-corrected chi connectivity index (χ1v) is 7.44. The molecule has 0 saturated heterocycles. The van der Waals surface area contributed by atoms with Crippen molar-refractivity contribution >= 4 is 0 Å². The van der Waals surface area contributed by atoms with Crippen LogP contribution in [0.5, 0.6) is 5.75 Å². The number of H-pyrrole nitrogens is 1. The molecular weight excluding hydrogens is 283 g/mol. The maximum absolute atomic E-state index is 12.4. The maximum Gasteiger partial charge on any atom is 0.181 e. The number of aromatic amines is 1. The second-order valence-electron chi connectivity index (χ2n) is 5.46. The van der Waals surface area contributed by atoms with Crippen LogP contribution in [0.25, 0.3) is 11.4 Å². The van der Waals surface area contributed by atoms with E-state index in [2.05, 4.69) is 15.2 Å². The highest BCUT2D eigenvalue weighted by atomic mass is 19.1. The largest absolute Gasteiger partial charge is 0.489 e. The van der Waals surface area contributed by atoms with Crippen LogP contribution in [-0.2, 0) is 0 Å². The molecule has 5 nitrogen and oxygen atoms in total. The molecule has 0 aliphatic heterocycles. The first-order valence-electron chi connectivity index (χ1n) is 7.44. The van der Waals surface area contributed by atoms with Gasteiger partial charge in [0.2, 0.25) is 0 Å². The summed E-state index contributed by atoms with van der Waals surface area (Å²) in [4.78, 5) is 4.55. The highest BCUT2D eigenvalue weighted by Crippen LogP contribution is 2.34. The lowest BCUT2D eigenvalue weighted by molar-refractivity contribution is 0.347. The summed E-state index contributed by atoms with van der Waals surface area (Å²) in [5.74, 6) is 2.86. The standard InChI is InChI=1S/C16H19FN4O/c17-8-11(9-18)10-22-14-6-4-13(5-7-14)16-19-15(20-21-16)12-2-1-3-12/h4-8,12H,1-3,9-10,18H2,(H,19,20,21)/b11-8-. The third-order valence-electron chi connectivity index (χ3n) is 3.95. The Labute approximate surface area is 128 Å². The molecule has 2 aromatic rings. The van der Waals surface area contributed by atoms with Crippen molar-refractivity contribution in [3.05, 3.63) is 42.0 Å². The summed E-state index contributed by atoms with van der Waals surface area (Å²) in [5, 5.41) is 7.29. The van der Waals surface area contributed by atoms with Crippen molar-refractivity contribution in [1.82, 2.24) is 15.2 Å². The van der Waals surface area contributed by atoms with Gasteiger partial charge in [0, 0.05) is 23.6 Å². The minimum atomic E-state index is 0.149. The number of benzene rings is 1. The molecule has 1 aliphatic carbocycles. The average molecular weight is 302 g/mol. The van der Waals surface area contributed by atoms with E-state index in [1.165, 1.54) is 19.3 Å². The van der Waals surface area contributed by atoms with Crippen LogP contribution < -0.4 is 10.5 Å². The second kappa shape index (κ2) is 6.70. The average Bonchev–Trinajstić information content (AvgIpc) is 2.96. The minimum Gasteiger partial charge on any atom is -0.489 e. The zero-order chi connectivity index (χ0) is 15.4. The molecule has 0 bridgehead atoms. The van der Waals surface area contributed by atoms with E-state index < -0.39 is 0 Å². The number of nitrogens with zero attached hydrogens (tertiary/aromatic N) is 2. The Bertz CT molecular complexity index is 646. The Morgan fingerprint density at radius 3 is 2.73 bits per heavy atom. The molecule has 3 rings (SSSR count). The summed E-state index contributed by atoms with van der Waals surface area (Å²) in [7, 11) is 0. The highest BCUT2D eigenvalue weighted by Gasteiger charge is 2.23. The molecule has 0 radical (unpaired) electrons. The maximum atomic E-state index is 12.4. The first kappa shape index (κ1) is 14.7. The van der Waals surface area contributed by atoms with Gasteiger partial charge in [-0.2, -0.15) is 5.10 Å². The van der Waals surface area contributed by atoms with Crippen LogP contribution >= 0.6 is 0 Å². The van der Waals surface area contributed by atoms with Gasteiger partial charge >= 0.3 is 0 Å². The van der Waals surface area contributed by atoms with Crippen molar-refractivity contribution in [2.24, 2.45) is 5.73 Å². The number of ether oxygens (including phenoxy) is 1. The molecule has 1 fully saturated rings. The van der Waals surface area contributed by atoms with E-state index in [0.717, 1.165) is 11.4 Å². The smallest absolute Gasteiger partial charge is 0.181 e. The zero-order valence-corrected chi connectivity index (χ0v) is 12.3. The van der Waals surface area contributed by atoms with Crippen LogP contribution in [0.4, 0.5) is 4.39 Å². The van der Waals surface area contributed by atoms with Crippen molar-refractivity contribution < 1.29 is 9.13 Å². The van der Waals surface area contributed by atoms with Gasteiger partial charge in [-0.25, -0.2) is 9.37 Å². The summed E-state index contributed by atoms with van der Waals surface area (Å²) < 4.78 is 17.9. The number of nitrogens with two attached hydrogens (primary N) is 1. The molecule has 0 amide bonds. The lowest BCUT2D eigenvalue weighted by Gasteiger charge is -2.22. The summed E-state index contributed by atoms with van der Waals surface area (Å²) in [6, 6.07) is 7.43. The minimum absolute atomic E-state index is 0.149. The Morgan fingerprint density at radius 2 is 2.14 bits per heavy atom. The van der Waals surface area contributed by atoms with E-state index in [-0.39, 0.29) is 13.2 Å². The Hall–Kier alpha value is -2.21. The van der Waals surface area contributed by atoms with E-state index in [1.54, 1.807) is 0 Å². The quantitative estimate of drug-likeness (QED) is 0.860. The van der Waals surface area contributed by atoms with Crippen LogP contribution in [0.2, 0.25) is 0 Å². The Balaban J connectivity index is 1.64. The Kier molecular flexibility index (Phi) is 4.48. The molecule has 1 heterocycles. The molecule has 22 heavy (non-hydrogen) atoms. The predicted molar refractivity (Wildman–Crippen MR) is 82.2 cm³/mol. The van der Waals surface area contributed by atoms with E-state index in [9.17, 15) is 4.39 Å². The fourth-order valence-electron chi connectivity index (χ4n) is 2.28. The molecular formula is C16H19FN4O. The molecule has 116 valence electrons. The third kappa shape index (κ3) is 3.17. The van der Waals surface area contributed by atoms with Crippen LogP contribution in [0.15, 0.2) is 36.2 Å². The number of halogens is 1. The van der Waals surface area contributed by atoms with Crippen LogP contribution in [0.3, 0.4) is 0 Å². The van der Waals surface area contributed by atoms with Crippen molar-refractivity contribution in [2.75, 3.05) is 13.2 Å². The summed E-state index contributed by atoms with van der Waals surface area (Å²) in [6.07, 6.45) is 4.13. The van der Waals surface area contributed by atoms with Crippen LogP contribution in [-0.4, -0.2) is 28.3 Å². The molecule has 1 saturated carbocycles. The van der Waals surface area contributed by atoms with Gasteiger partial charge < -0.3 is 10.5 Å². The number of hydrogen-bond donors (Lipinski definition) is 2. The molecule has 1 aromatic heterocycles. The van der Waals surface area contributed by atoms with Crippen molar-refractivity contribution in [3.63, 3.8) is 0 Å². The number of rotatable bonds is 6. The zero-order valence-electron chi connectivity index (χ0n) is 12.3. The molecule has 1 aliphatic rings. The van der Waals surface area contributed by atoms with Gasteiger partial charge in [0.1, 0.15) is 18.2 Å². The summed E-state index contributed by atoms with van der Waals surface area (Å²) >= 11 is 0. The Morgan fingerprint density at radius 1 is 1.36 bits per heavy atom. The monoisotopic (exact) mass is 302 g/mol. The van der Waals surface area contributed by atoms with Gasteiger partial charge in [-0.05, 0) is 37.1 Å². The van der Waals surface area contributed by atoms with E-state index in [4.69, 9.17) is 10.5 Å². The highest BCUT2D eigenvalue weighted by molar-refractivity contribution is 5.55. The van der Waals surface area contributed by atoms with Crippen molar-refractivity contribution in [3.8, 4) is 17.1 Å². The normalized spacial score (nSPS) is 15.6. The first-order chi connectivity index (χ1) is 10.8. The van der Waals surface area contributed by atoms with E-state index in [1.807, 2.05) is 24.3 Å². The second-order valence-corrected chi connectivity index (χ2v) is 5.46. The molecule has 6 heteroatoms. The molecule has 1 aromatic carbocycles. The predicted octanol–water partition coefficient (Wildman–Crippen LogP) is 2.93. The topological polar surface area (TPSA) is 76.8 Å². The number of hydrogen-bond acceptors (Lipinski definition) is 4. The molecule has 0 atom stereocenters. The van der Waals surface area contributed by atoms with Gasteiger partial charge in [0.15, 0.2) is 5.82 Å². The van der Waals surface area contributed by atoms with Gasteiger partial charge in [0.25, 0.3) is 0 Å². The molecule has 3 N–H and O–H groups in total. The number of aromatic nitrogens is 3. The lowest BCUT2D eigenvalue weighted by Crippen LogP contribution is -2.10.